The van der Waals surface area contributed by atoms with Gasteiger partial charge in [0.25, 0.3) is 10.8 Å². The molecule has 0 fully saturated rings. The highest BCUT2D eigenvalue weighted by Gasteiger charge is 2.89. The van der Waals surface area contributed by atoms with E-state index in [-0.39, 0.29) is 0 Å². The van der Waals surface area contributed by atoms with Crippen molar-refractivity contribution in [1.82, 2.24) is 0 Å². The van der Waals surface area contributed by atoms with E-state index in [9.17, 15) is 101 Å². The summed E-state index contributed by atoms with van der Waals surface area (Å²) in [4.78, 5) is 0. The monoisotopic (exact) mass is 834 g/mol. The zero-order valence-electron chi connectivity index (χ0n) is 24.1. The Morgan fingerprint density at radius 2 is 0.692 bits per heavy atom. The molecule has 52 heavy (non-hydrogen) atoms. The van der Waals surface area contributed by atoms with Crippen molar-refractivity contribution in [1.29, 1.82) is 0 Å². The van der Waals surface area contributed by atoms with Gasteiger partial charge in [-0.15, -0.1) is 0 Å². The summed E-state index contributed by atoms with van der Waals surface area (Å²) in [6.07, 6.45) is -51.0. The average Bonchev–Trinajstić information content (AvgIpc) is 2.88. The van der Waals surface area contributed by atoms with Gasteiger partial charge in [0.15, 0.2) is 40.7 Å². The lowest BCUT2D eigenvalue weighted by Gasteiger charge is -2.43. The second-order valence-corrected chi connectivity index (χ2v) is 13.0. The normalized spacial score (nSPS) is 14.4. The number of benzene rings is 2. The molecule has 0 radical (unpaired) electrons. The molecule has 0 unspecified atom stereocenters. The predicted octanol–water partition coefficient (Wildman–Crippen LogP) is 10.6. The van der Waals surface area contributed by atoms with Crippen LogP contribution in [0.15, 0.2) is 0 Å². The first-order valence-corrected chi connectivity index (χ1v) is 14.5. The summed E-state index contributed by atoms with van der Waals surface area (Å²) in [6.45, 7) is 1.46. The van der Waals surface area contributed by atoms with E-state index in [1.54, 1.807) is 0 Å². The molecular weight excluding hydrogens is 825 g/mol. The molecule has 1 nitrogen and oxygen atoms in total. The Morgan fingerprint density at radius 3 is 0.981 bits per heavy atom. The molecule has 0 heterocycles. The van der Waals surface area contributed by atoms with E-state index in [1.165, 1.54) is 0 Å². The molecule has 0 N–H and O–H groups in total. The zero-order chi connectivity index (χ0) is 41.5. The number of halogens is 26. The Balaban J connectivity index is 3.66. The fourth-order valence-corrected chi connectivity index (χ4v) is 7.56. The van der Waals surface area contributed by atoms with Crippen molar-refractivity contribution in [2.24, 2.45) is 5.92 Å². The lowest BCUT2D eigenvalue weighted by molar-refractivity contribution is -0.389. The second-order valence-electron chi connectivity index (χ2n) is 10.7. The molecule has 0 saturated carbocycles. The first-order valence-electron chi connectivity index (χ1n) is 12.6. The van der Waals surface area contributed by atoms with Crippen molar-refractivity contribution in [2.75, 3.05) is 0 Å². The fraction of sp³-hybridized carbons (Fsp3) is 0.500. The summed E-state index contributed by atoms with van der Waals surface area (Å²) < 4.78 is 370. The standard InChI is InChI=1S/C14HF21O.C6F5.C4H9.Al/c15-3-1(7(9(18,19)20,10(21,22)23)11(24,25)26)4(16)5(17)6(36)2(3)8(12(27,28)29,13(30,31)32)14(33,34)35;7-2-1-3(8)5(10)6(11)4(2)9;1-4(2)3;/h36H;;4H,1H2,2-3H3;/q;;;+1/p-1. The first kappa shape index (κ1) is 45.1. The minimum atomic E-state index is -8.53. The van der Waals surface area contributed by atoms with Gasteiger partial charge in [0, 0.05) is 4.43 Å². The SMILES string of the molecule is CC(C)[CH2][Al]([O]c1c(F)c(F)c(C(C(F)(F)F)(C(F)(F)F)C(F)(F)F)c(F)c1C(C(F)(F)F)(C(F)(F)F)C(F)(F)F)[c]1c(F)c(F)c(F)c(F)c1F. The van der Waals surface area contributed by atoms with Gasteiger partial charge in [-0.2, -0.15) is 83.4 Å². The van der Waals surface area contributed by atoms with Crippen LogP contribution in [0.5, 0.6) is 5.75 Å². The van der Waals surface area contributed by atoms with E-state index in [0.717, 1.165) is 13.8 Å². The minimum absolute atomic E-state index is 0.729. The van der Waals surface area contributed by atoms with Crippen molar-refractivity contribution >= 4 is 18.9 Å². The summed E-state index contributed by atoms with van der Waals surface area (Å²) >= 11 is -5.76. The summed E-state index contributed by atoms with van der Waals surface area (Å²) in [7, 11) is 0. The van der Waals surface area contributed by atoms with Crippen LogP contribution in [0.1, 0.15) is 25.0 Å². The lowest BCUT2D eigenvalue weighted by atomic mass is 9.71. The van der Waals surface area contributed by atoms with Gasteiger partial charge in [-0.1, -0.05) is 19.8 Å². The molecule has 0 bridgehead atoms. The number of rotatable bonds is 7. The average molecular weight is 834 g/mol. The third-order valence-electron chi connectivity index (χ3n) is 7.09. The third-order valence-corrected chi connectivity index (χ3v) is 10.1. The molecule has 0 aliphatic carbocycles. The van der Waals surface area contributed by atoms with Crippen molar-refractivity contribution in [3.63, 3.8) is 0 Å². The quantitative estimate of drug-likeness (QED) is 0.117. The highest BCUT2D eigenvalue weighted by molar-refractivity contribution is 6.68. The van der Waals surface area contributed by atoms with Crippen molar-refractivity contribution in [2.45, 2.75) is 67.0 Å². The Kier molecular flexibility index (Phi) is 11.6. The predicted molar refractivity (Wildman–Crippen MR) is 118 cm³/mol. The molecule has 2 aromatic rings. The number of hydrogen-bond donors (Lipinski definition) is 0. The van der Waals surface area contributed by atoms with Gasteiger partial charge < -0.3 is 3.79 Å². The molecule has 0 saturated heterocycles. The van der Waals surface area contributed by atoms with Crippen LogP contribution in [0.25, 0.3) is 0 Å². The van der Waals surface area contributed by atoms with Crippen molar-refractivity contribution < 1.29 is 118 Å². The van der Waals surface area contributed by atoms with Crippen LogP contribution < -0.4 is 8.21 Å². The van der Waals surface area contributed by atoms with E-state index in [1.807, 2.05) is 0 Å². The Hall–Kier alpha value is -3.05. The van der Waals surface area contributed by atoms with Gasteiger partial charge in [-0.3, -0.25) is 0 Å². The number of hydrogen-bond acceptors (Lipinski definition) is 1. The van der Waals surface area contributed by atoms with E-state index >= 15 is 13.2 Å². The van der Waals surface area contributed by atoms with Crippen LogP contribution in [0.4, 0.5) is 114 Å². The molecule has 296 valence electrons. The van der Waals surface area contributed by atoms with Crippen LogP contribution in [0.2, 0.25) is 5.28 Å². The van der Waals surface area contributed by atoms with Gasteiger partial charge in [0.2, 0.25) is 0 Å². The van der Waals surface area contributed by atoms with Crippen LogP contribution >= 0.6 is 0 Å². The molecule has 2 aromatic carbocycles. The maximum atomic E-state index is 15.8. The molecule has 0 atom stereocenters. The van der Waals surface area contributed by atoms with Crippen LogP contribution in [-0.4, -0.2) is 51.5 Å². The molecule has 28 heteroatoms. The van der Waals surface area contributed by atoms with E-state index in [0.29, 0.717) is 0 Å². The molecule has 0 aliphatic rings. The van der Waals surface area contributed by atoms with Gasteiger partial charge in [0.05, 0.1) is 11.1 Å². The molecule has 0 aromatic heterocycles. The second kappa shape index (κ2) is 13.4. The fourth-order valence-electron chi connectivity index (χ4n) is 4.93. The summed E-state index contributed by atoms with van der Waals surface area (Å²) in [6, 6.07) is 0. The smallest absolute Gasteiger partial charge is 0.595 e. The first-order chi connectivity index (χ1) is 22.8. The Morgan fingerprint density at radius 1 is 0.404 bits per heavy atom. The number of alkyl halides is 18. The Labute approximate surface area is 273 Å². The topological polar surface area (TPSA) is 9.23 Å². The van der Waals surface area contributed by atoms with Crippen molar-refractivity contribution in [3.05, 3.63) is 57.7 Å². The largest absolute Gasteiger partial charge is 0.637 e. The van der Waals surface area contributed by atoms with Crippen LogP contribution in [0.3, 0.4) is 0 Å². The minimum Gasteiger partial charge on any atom is -0.637 e. The van der Waals surface area contributed by atoms with Crippen LogP contribution in [-0.2, 0) is 10.8 Å². The molecule has 0 aliphatic heterocycles. The van der Waals surface area contributed by atoms with Gasteiger partial charge in [-0.25, -0.2) is 30.7 Å². The molecular formula is C24H9AlF26O. The molecule has 2 rings (SSSR count). The Bertz CT molecular complexity index is 1570. The maximum Gasteiger partial charge on any atom is 0.595 e. The van der Waals surface area contributed by atoms with E-state index in [2.05, 4.69) is 3.79 Å². The van der Waals surface area contributed by atoms with Crippen molar-refractivity contribution in [3.8, 4) is 5.75 Å². The highest BCUT2D eigenvalue weighted by atomic mass is 27.2. The van der Waals surface area contributed by atoms with Gasteiger partial charge in [-0.05, 0) is 5.28 Å². The third kappa shape index (κ3) is 6.56. The lowest BCUT2D eigenvalue weighted by Crippen LogP contribution is -2.66. The van der Waals surface area contributed by atoms with Gasteiger partial charge >= 0.3 is 51.5 Å². The zero-order valence-corrected chi connectivity index (χ0v) is 25.3. The van der Waals surface area contributed by atoms with E-state index < -0.39 is 141 Å². The van der Waals surface area contributed by atoms with E-state index in [4.69, 9.17) is 0 Å². The molecule has 0 spiro atoms. The van der Waals surface area contributed by atoms with Gasteiger partial charge in [0.1, 0.15) is 11.6 Å². The molecule has 0 amide bonds. The summed E-state index contributed by atoms with van der Waals surface area (Å²) in [5.41, 5.74) is -27.6. The maximum absolute atomic E-state index is 15.8. The summed E-state index contributed by atoms with van der Waals surface area (Å²) in [5.74, 6) is -36.2. The van der Waals surface area contributed by atoms with Crippen LogP contribution in [0, 0.1) is 52.5 Å². The highest BCUT2D eigenvalue weighted by Crippen LogP contribution is 2.67. The summed E-state index contributed by atoms with van der Waals surface area (Å²) in [5, 5.41) is -1.63.